The Balaban J connectivity index is 0.00000208. The number of anilines is 1. The maximum atomic E-state index is 6.63. The van der Waals surface area contributed by atoms with E-state index >= 15 is 0 Å². The molecule has 128 valence electrons. The standard InChI is InChI=1S/C20H25N3.H3N/c1-4-23-13-15-9-5-6-10-16(15)20(22-14(2)3)19(21)17-11-7-8-12-18(17)23;/h5-12,14,22H,4,13,21H2,1-3H3;1H3/b20-19-;. The third-order valence-electron chi connectivity index (χ3n) is 4.27. The summed E-state index contributed by atoms with van der Waals surface area (Å²) in [5.41, 5.74) is 13.3. The van der Waals surface area contributed by atoms with Crippen molar-refractivity contribution in [3.63, 3.8) is 0 Å². The number of para-hydroxylation sites is 1. The topological polar surface area (TPSA) is 76.3 Å². The molecule has 6 N–H and O–H groups in total. The lowest BCUT2D eigenvalue weighted by Crippen LogP contribution is -2.30. The van der Waals surface area contributed by atoms with E-state index in [4.69, 9.17) is 5.73 Å². The fourth-order valence-corrected chi connectivity index (χ4v) is 3.18. The molecule has 0 saturated heterocycles. The number of benzene rings is 2. The average Bonchev–Trinajstić information content (AvgIpc) is 2.56. The van der Waals surface area contributed by atoms with E-state index in [9.17, 15) is 0 Å². The highest BCUT2D eigenvalue weighted by Crippen LogP contribution is 2.34. The zero-order chi connectivity index (χ0) is 16.4. The third-order valence-corrected chi connectivity index (χ3v) is 4.27. The van der Waals surface area contributed by atoms with Crippen molar-refractivity contribution in [1.29, 1.82) is 0 Å². The molecule has 0 spiro atoms. The molecule has 0 aromatic heterocycles. The first-order chi connectivity index (χ1) is 11.1. The molecule has 4 nitrogen and oxygen atoms in total. The molecule has 0 fully saturated rings. The lowest BCUT2D eigenvalue weighted by atomic mass is 9.96. The van der Waals surface area contributed by atoms with Crippen LogP contribution in [0.4, 0.5) is 5.69 Å². The van der Waals surface area contributed by atoms with Crippen LogP contribution < -0.4 is 22.1 Å². The second kappa shape index (κ2) is 7.41. The van der Waals surface area contributed by atoms with E-state index < -0.39 is 0 Å². The molecule has 0 amide bonds. The van der Waals surface area contributed by atoms with E-state index in [0.717, 1.165) is 30.0 Å². The highest BCUT2D eigenvalue weighted by atomic mass is 15.1. The Bertz CT molecular complexity index is 734. The average molecular weight is 324 g/mol. The summed E-state index contributed by atoms with van der Waals surface area (Å²) >= 11 is 0. The Hall–Kier alpha value is -2.46. The molecule has 3 rings (SSSR count). The minimum Gasteiger partial charge on any atom is -0.396 e. The van der Waals surface area contributed by atoms with Gasteiger partial charge in [0.15, 0.2) is 0 Å². The van der Waals surface area contributed by atoms with Crippen molar-refractivity contribution < 1.29 is 0 Å². The van der Waals surface area contributed by atoms with Gasteiger partial charge in [-0.25, -0.2) is 0 Å². The maximum absolute atomic E-state index is 6.63. The number of nitrogens with one attached hydrogen (secondary N) is 1. The molecular formula is C20H28N4. The van der Waals surface area contributed by atoms with Crippen LogP contribution in [0.3, 0.4) is 0 Å². The van der Waals surface area contributed by atoms with Crippen molar-refractivity contribution in [3.05, 3.63) is 65.2 Å². The normalized spacial score (nSPS) is 16.6. The second-order valence-corrected chi connectivity index (χ2v) is 6.28. The SMILES string of the molecule is CCN1Cc2ccccc2/C(NC(C)C)=C(/N)c2ccccc21.N. The Kier molecular flexibility index (Phi) is 5.52. The summed E-state index contributed by atoms with van der Waals surface area (Å²) in [6.45, 7) is 8.32. The van der Waals surface area contributed by atoms with Crippen LogP contribution in [-0.2, 0) is 6.54 Å². The van der Waals surface area contributed by atoms with Crippen molar-refractivity contribution in [2.75, 3.05) is 11.4 Å². The molecule has 0 saturated carbocycles. The van der Waals surface area contributed by atoms with Crippen LogP contribution in [0.2, 0.25) is 0 Å². The fourth-order valence-electron chi connectivity index (χ4n) is 3.18. The summed E-state index contributed by atoms with van der Waals surface area (Å²) in [6, 6.07) is 17.3. The van der Waals surface area contributed by atoms with Gasteiger partial charge in [0.2, 0.25) is 0 Å². The maximum Gasteiger partial charge on any atom is 0.0659 e. The molecule has 4 heteroatoms. The molecular weight excluding hydrogens is 296 g/mol. The lowest BCUT2D eigenvalue weighted by molar-refractivity contribution is 0.714. The summed E-state index contributed by atoms with van der Waals surface area (Å²) < 4.78 is 0. The summed E-state index contributed by atoms with van der Waals surface area (Å²) in [4.78, 5) is 2.38. The van der Waals surface area contributed by atoms with E-state index in [1.807, 2.05) is 0 Å². The van der Waals surface area contributed by atoms with Crippen LogP contribution in [-0.4, -0.2) is 12.6 Å². The van der Waals surface area contributed by atoms with Crippen molar-refractivity contribution in [2.45, 2.75) is 33.4 Å². The molecule has 2 aromatic rings. The van der Waals surface area contributed by atoms with Crippen LogP contribution in [0.15, 0.2) is 48.5 Å². The van der Waals surface area contributed by atoms with E-state index in [1.54, 1.807) is 0 Å². The van der Waals surface area contributed by atoms with E-state index in [1.165, 1.54) is 16.8 Å². The molecule has 0 atom stereocenters. The minimum atomic E-state index is 0. The number of nitrogens with zero attached hydrogens (tertiary/aromatic N) is 1. The first-order valence-electron chi connectivity index (χ1n) is 8.30. The Morgan fingerprint density at radius 2 is 1.67 bits per heavy atom. The van der Waals surface area contributed by atoms with Gasteiger partial charge in [-0.15, -0.1) is 0 Å². The van der Waals surface area contributed by atoms with Crippen molar-refractivity contribution in [3.8, 4) is 0 Å². The van der Waals surface area contributed by atoms with Crippen molar-refractivity contribution in [2.24, 2.45) is 5.73 Å². The summed E-state index contributed by atoms with van der Waals surface area (Å²) in [5.74, 6) is 0. The lowest BCUT2D eigenvalue weighted by Gasteiger charge is -2.31. The quantitative estimate of drug-likeness (QED) is 0.798. The Morgan fingerprint density at radius 1 is 1.04 bits per heavy atom. The number of hydrogen-bond donors (Lipinski definition) is 3. The van der Waals surface area contributed by atoms with Gasteiger partial charge in [-0.3, -0.25) is 0 Å². The summed E-state index contributed by atoms with van der Waals surface area (Å²) in [5, 5.41) is 3.57. The van der Waals surface area contributed by atoms with Gasteiger partial charge in [0.05, 0.1) is 11.4 Å². The van der Waals surface area contributed by atoms with Crippen LogP contribution in [0.25, 0.3) is 11.4 Å². The van der Waals surface area contributed by atoms with E-state index in [2.05, 4.69) is 79.5 Å². The fraction of sp³-hybridized carbons (Fsp3) is 0.300. The molecule has 0 radical (unpaired) electrons. The molecule has 1 heterocycles. The van der Waals surface area contributed by atoms with Crippen molar-refractivity contribution in [1.82, 2.24) is 11.5 Å². The summed E-state index contributed by atoms with van der Waals surface area (Å²) in [7, 11) is 0. The van der Waals surface area contributed by atoms with Gasteiger partial charge in [0, 0.05) is 35.9 Å². The smallest absolute Gasteiger partial charge is 0.0659 e. The van der Waals surface area contributed by atoms with Gasteiger partial charge in [-0.1, -0.05) is 42.5 Å². The molecule has 24 heavy (non-hydrogen) atoms. The highest BCUT2D eigenvalue weighted by Gasteiger charge is 2.21. The second-order valence-electron chi connectivity index (χ2n) is 6.28. The molecule has 1 aliphatic heterocycles. The van der Waals surface area contributed by atoms with Gasteiger partial charge >= 0.3 is 0 Å². The largest absolute Gasteiger partial charge is 0.396 e. The predicted molar refractivity (Wildman–Crippen MR) is 104 cm³/mol. The Labute approximate surface area is 144 Å². The van der Waals surface area contributed by atoms with Crippen molar-refractivity contribution >= 4 is 17.1 Å². The Morgan fingerprint density at radius 3 is 2.33 bits per heavy atom. The molecule has 0 unspecified atom stereocenters. The molecule has 1 aliphatic rings. The van der Waals surface area contributed by atoms with Gasteiger partial charge in [0.1, 0.15) is 0 Å². The number of nitrogens with two attached hydrogens (primary N) is 1. The monoisotopic (exact) mass is 324 g/mol. The van der Waals surface area contributed by atoms with Gasteiger partial charge in [0.25, 0.3) is 0 Å². The van der Waals surface area contributed by atoms with E-state index in [-0.39, 0.29) is 6.15 Å². The van der Waals surface area contributed by atoms with Gasteiger partial charge in [-0.05, 0) is 32.4 Å². The van der Waals surface area contributed by atoms with Gasteiger partial charge in [-0.2, -0.15) is 0 Å². The first kappa shape index (κ1) is 17.9. The number of hydrogen-bond acceptors (Lipinski definition) is 4. The van der Waals surface area contributed by atoms with Gasteiger partial charge < -0.3 is 22.1 Å². The zero-order valence-corrected chi connectivity index (χ0v) is 14.8. The molecule has 2 aromatic carbocycles. The van der Waals surface area contributed by atoms with E-state index in [0.29, 0.717) is 6.04 Å². The minimum absolute atomic E-state index is 0. The number of fused-ring (bicyclic) bond motifs is 2. The zero-order valence-electron chi connectivity index (χ0n) is 14.8. The first-order valence-corrected chi connectivity index (χ1v) is 8.30. The number of rotatable bonds is 3. The van der Waals surface area contributed by atoms with Crippen LogP contribution in [0.1, 0.15) is 37.5 Å². The van der Waals surface area contributed by atoms with Crippen LogP contribution in [0.5, 0.6) is 0 Å². The highest BCUT2D eigenvalue weighted by molar-refractivity contribution is 5.93. The van der Waals surface area contributed by atoms with Crippen LogP contribution >= 0.6 is 0 Å². The summed E-state index contributed by atoms with van der Waals surface area (Å²) in [6.07, 6.45) is 0. The molecule has 0 bridgehead atoms. The van der Waals surface area contributed by atoms with Crippen LogP contribution in [0, 0.1) is 0 Å². The molecule has 0 aliphatic carbocycles. The third kappa shape index (κ3) is 3.24. The predicted octanol–water partition coefficient (Wildman–Crippen LogP) is 3.97.